The molecular formula is C21H23Br2FN2O3. The number of carbonyl (C=O) groups is 3. The molecule has 8 heteroatoms. The van der Waals surface area contributed by atoms with Crippen LogP contribution >= 0.6 is 31.9 Å². The number of fused-ring (bicyclic) bond motifs is 5. The molecule has 1 heterocycles. The second-order valence-electron chi connectivity index (χ2n) is 8.20. The number of hydrogen-bond donors (Lipinski definition) is 1. The molecule has 1 N–H and O–H groups in total. The van der Waals surface area contributed by atoms with E-state index < -0.39 is 0 Å². The van der Waals surface area contributed by atoms with Crippen molar-refractivity contribution in [3.63, 3.8) is 0 Å². The lowest BCUT2D eigenvalue weighted by atomic mass is 9.81. The van der Waals surface area contributed by atoms with E-state index in [0.717, 1.165) is 12.8 Å². The number of benzene rings is 1. The lowest BCUT2D eigenvalue weighted by Crippen LogP contribution is -2.37. The molecule has 1 aromatic carbocycles. The highest BCUT2D eigenvalue weighted by atomic mass is 79.9. The molecule has 156 valence electrons. The normalized spacial score (nSPS) is 32.7. The van der Waals surface area contributed by atoms with Crippen molar-refractivity contribution in [2.45, 2.75) is 41.8 Å². The number of nitrogens with zero attached hydrogens (tertiary/aromatic N) is 1. The van der Waals surface area contributed by atoms with E-state index in [0.29, 0.717) is 31.5 Å². The number of unbranched alkanes of at least 4 members (excludes halogenated alkanes) is 2. The SMILES string of the molecule is O=C(CCCCCN1C(=O)[C@@H]2[C@H]3C[C@@H]([C@@H](Br)[C@H]3Br)[C@H]2C1=O)Nc1ccc(F)cc1. The van der Waals surface area contributed by atoms with Crippen molar-refractivity contribution < 1.29 is 18.8 Å². The van der Waals surface area contributed by atoms with Crippen LogP contribution in [0.25, 0.3) is 0 Å². The second-order valence-corrected chi connectivity index (χ2v) is 10.3. The van der Waals surface area contributed by atoms with E-state index >= 15 is 0 Å². The highest BCUT2D eigenvalue weighted by Gasteiger charge is 2.66. The quantitative estimate of drug-likeness (QED) is 0.328. The number of anilines is 1. The average Bonchev–Trinajstić information content (AvgIpc) is 3.29. The number of alkyl halides is 2. The third kappa shape index (κ3) is 3.90. The molecule has 0 spiro atoms. The van der Waals surface area contributed by atoms with Crippen molar-refractivity contribution in [1.82, 2.24) is 4.90 Å². The fourth-order valence-corrected chi connectivity index (χ4v) is 6.99. The van der Waals surface area contributed by atoms with E-state index in [1.165, 1.54) is 29.2 Å². The maximum absolute atomic E-state index is 12.9. The Labute approximate surface area is 186 Å². The molecule has 1 aliphatic heterocycles. The standard InChI is InChI=1S/C21H23Br2FN2O3/c22-18-13-10-14(19(18)23)17-16(13)20(28)26(21(17)29)9-3-1-2-4-15(27)25-12-7-5-11(24)6-8-12/h5-8,13-14,16-19H,1-4,9-10H2,(H,25,27)/t13-,14-,16-,17-,18-,19+/m1/s1. The van der Waals surface area contributed by atoms with Crippen molar-refractivity contribution in [2.24, 2.45) is 23.7 Å². The zero-order valence-corrected chi connectivity index (χ0v) is 19.0. The Morgan fingerprint density at radius 1 is 1.00 bits per heavy atom. The molecule has 3 amide bonds. The van der Waals surface area contributed by atoms with Gasteiger partial charge in [0.25, 0.3) is 0 Å². The summed E-state index contributed by atoms with van der Waals surface area (Å²) in [6.07, 6.45) is 3.43. The van der Waals surface area contributed by atoms with Crippen LogP contribution in [-0.4, -0.2) is 38.8 Å². The Balaban J connectivity index is 1.20. The molecule has 5 nitrogen and oxygen atoms in total. The molecule has 0 aromatic heterocycles. The van der Waals surface area contributed by atoms with Crippen LogP contribution in [0, 0.1) is 29.5 Å². The molecule has 3 aliphatic rings. The maximum Gasteiger partial charge on any atom is 0.233 e. The summed E-state index contributed by atoms with van der Waals surface area (Å²) in [5.41, 5.74) is 0.570. The summed E-state index contributed by atoms with van der Waals surface area (Å²) in [6, 6.07) is 5.65. The van der Waals surface area contributed by atoms with Gasteiger partial charge in [0.15, 0.2) is 0 Å². The Bertz CT molecular complexity index is 787. The molecule has 29 heavy (non-hydrogen) atoms. The summed E-state index contributed by atoms with van der Waals surface area (Å²) in [5, 5.41) is 2.73. The van der Waals surface area contributed by atoms with Crippen LogP contribution in [0.5, 0.6) is 0 Å². The van der Waals surface area contributed by atoms with Gasteiger partial charge in [-0.25, -0.2) is 4.39 Å². The summed E-state index contributed by atoms with van der Waals surface area (Å²) in [4.78, 5) is 39.6. The van der Waals surface area contributed by atoms with Gasteiger partial charge in [0.2, 0.25) is 17.7 Å². The van der Waals surface area contributed by atoms with Crippen molar-refractivity contribution in [2.75, 3.05) is 11.9 Å². The van der Waals surface area contributed by atoms with Gasteiger partial charge >= 0.3 is 0 Å². The minimum Gasteiger partial charge on any atom is -0.326 e. The molecule has 1 saturated heterocycles. The first-order valence-electron chi connectivity index (χ1n) is 10.1. The minimum atomic E-state index is -0.343. The van der Waals surface area contributed by atoms with Crippen LogP contribution < -0.4 is 5.32 Å². The molecule has 0 unspecified atom stereocenters. The Kier molecular flexibility index (Phi) is 6.11. The predicted molar refractivity (Wildman–Crippen MR) is 114 cm³/mol. The van der Waals surface area contributed by atoms with Crippen molar-refractivity contribution in [1.29, 1.82) is 0 Å². The van der Waals surface area contributed by atoms with E-state index in [9.17, 15) is 18.8 Å². The summed E-state index contributed by atoms with van der Waals surface area (Å²) in [7, 11) is 0. The highest BCUT2D eigenvalue weighted by molar-refractivity contribution is 9.12. The zero-order valence-electron chi connectivity index (χ0n) is 15.8. The fourth-order valence-electron chi connectivity index (χ4n) is 5.12. The van der Waals surface area contributed by atoms with E-state index in [4.69, 9.17) is 0 Å². The van der Waals surface area contributed by atoms with Crippen LogP contribution in [0.1, 0.15) is 32.1 Å². The van der Waals surface area contributed by atoms with E-state index in [2.05, 4.69) is 37.2 Å². The minimum absolute atomic E-state index is 0.00889. The van der Waals surface area contributed by atoms with E-state index in [-0.39, 0.29) is 56.9 Å². The Morgan fingerprint density at radius 2 is 1.59 bits per heavy atom. The first-order chi connectivity index (χ1) is 13.9. The third-order valence-electron chi connectivity index (χ3n) is 6.49. The Hall–Kier alpha value is -1.28. The van der Waals surface area contributed by atoms with Crippen molar-refractivity contribution >= 4 is 55.3 Å². The van der Waals surface area contributed by atoms with Crippen LogP contribution in [-0.2, 0) is 14.4 Å². The summed E-state index contributed by atoms with van der Waals surface area (Å²) >= 11 is 7.39. The van der Waals surface area contributed by atoms with Gasteiger partial charge in [0.1, 0.15) is 5.82 Å². The van der Waals surface area contributed by atoms with Gasteiger partial charge in [0.05, 0.1) is 11.8 Å². The number of amides is 3. The Morgan fingerprint density at radius 3 is 2.17 bits per heavy atom. The first kappa shape index (κ1) is 21.0. The average molecular weight is 530 g/mol. The van der Waals surface area contributed by atoms with Crippen molar-refractivity contribution in [3.05, 3.63) is 30.1 Å². The van der Waals surface area contributed by atoms with Crippen molar-refractivity contribution in [3.8, 4) is 0 Å². The largest absolute Gasteiger partial charge is 0.326 e. The second kappa shape index (κ2) is 8.46. The number of halogens is 3. The van der Waals surface area contributed by atoms with Crippen LogP contribution in [0.15, 0.2) is 24.3 Å². The number of nitrogens with one attached hydrogen (secondary N) is 1. The number of imide groups is 1. The molecule has 3 fully saturated rings. The molecule has 1 aromatic rings. The van der Waals surface area contributed by atoms with E-state index in [1.54, 1.807) is 0 Å². The smallest absolute Gasteiger partial charge is 0.233 e. The number of likely N-dealkylation sites (tertiary alicyclic amines) is 1. The topological polar surface area (TPSA) is 66.5 Å². The number of hydrogen-bond acceptors (Lipinski definition) is 3. The molecular weight excluding hydrogens is 507 g/mol. The monoisotopic (exact) mass is 528 g/mol. The van der Waals surface area contributed by atoms with Gasteiger partial charge < -0.3 is 5.32 Å². The van der Waals surface area contributed by atoms with Gasteiger partial charge in [-0.1, -0.05) is 38.3 Å². The molecule has 0 radical (unpaired) electrons. The van der Waals surface area contributed by atoms with Crippen LogP contribution in [0.4, 0.5) is 10.1 Å². The first-order valence-corrected chi connectivity index (χ1v) is 11.9. The van der Waals surface area contributed by atoms with Crippen LogP contribution in [0.3, 0.4) is 0 Å². The van der Waals surface area contributed by atoms with Crippen LogP contribution in [0.2, 0.25) is 0 Å². The molecule has 2 saturated carbocycles. The maximum atomic E-state index is 12.9. The molecule has 2 bridgehead atoms. The zero-order chi connectivity index (χ0) is 20.7. The summed E-state index contributed by atoms with van der Waals surface area (Å²) in [6.45, 7) is 0.434. The van der Waals surface area contributed by atoms with Gasteiger partial charge in [0, 0.05) is 28.3 Å². The summed E-state index contributed by atoms with van der Waals surface area (Å²) < 4.78 is 12.9. The lowest BCUT2D eigenvalue weighted by molar-refractivity contribution is -0.140. The van der Waals surface area contributed by atoms with E-state index in [1.807, 2.05) is 0 Å². The molecule has 4 rings (SSSR count). The van der Waals surface area contributed by atoms with Gasteiger partial charge in [-0.15, -0.1) is 0 Å². The predicted octanol–water partition coefficient (Wildman–Crippen LogP) is 4.10. The molecule has 2 aliphatic carbocycles. The number of rotatable bonds is 7. The third-order valence-corrected chi connectivity index (χ3v) is 9.70. The molecule has 6 atom stereocenters. The lowest BCUT2D eigenvalue weighted by Gasteiger charge is -2.28. The fraction of sp³-hybridized carbons (Fsp3) is 0.571. The van der Waals surface area contributed by atoms with Gasteiger partial charge in [-0.05, 0) is 55.4 Å². The van der Waals surface area contributed by atoms with Gasteiger partial charge in [-0.2, -0.15) is 0 Å². The highest BCUT2D eigenvalue weighted by Crippen LogP contribution is 2.60. The summed E-state index contributed by atoms with van der Waals surface area (Å²) in [5.74, 6) is -0.320. The van der Waals surface area contributed by atoms with Gasteiger partial charge in [-0.3, -0.25) is 19.3 Å². The number of carbonyl (C=O) groups excluding carboxylic acids is 3.